The van der Waals surface area contributed by atoms with E-state index in [0.717, 1.165) is 29.7 Å². The lowest BCUT2D eigenvalue weighted by molar-refractivity contribution is -0.143. The quantitative estimate of drug-likeness (QED) is 0.320. The van der Waals surface area contributed by atoms with Crippen LogP contribution in [0.4, 0.5) is 0 Å². The van der Waals surface area contributed by atoms with Crippen molar-refractivity contribution in [3.05, 3.63) is 54.1 Å². The third kappa shape index (κ3) is 5.63. The van der Waals surface area contributed by atoms with Crippen molar-refractivity contribution in [3.8, 4) is 0 Å². The summed E-state index contributed by atoms with van der Waals surface area (Å²) in [6, 6.07) is 8.93. The Morgan fingerprint density at radius 3 is 2.74 bits per heavy atom. The molecule has 0 saturated carbocycles. The minimum atomic E-state index is -3.60. The summed E-state index contributed by atoms with van der Waals surface area (Å²) in [4.78, 5) is 21.2. The number of carbonyl (C=O) groups excluding carboxylic acids is 1. The molecule has 1 aliphatic heterocycles. The number of aryl methyl sites for hydroxylation is 3. The minimum Gasteiger partial charge on any atom is -0.466 e. The van der Waals surface area contributed by atoms with E-state index in [0.29, 0.717) is 51.4 Å². The van der Waals surface area contributed by atoms with E-state index in [2.05, 4.69) is 9.97 Å². The molecule has 0 amide bonds. The van der Waals surface area contributed by atoms with Crippen molar-refractivity contribution in [1.29, 1.82) is 0 Å². The fraction of sp³-hybridized carbons (Fsp3) is 0.458. The van der Waals surface area contributed by atoms with Gasteiger partial charge in [0.1, 0.15) is 5.82 Å². The topological polar surface area (TPSA) is 104 Å². The summed E-state index contributed by atoms with van der Waals surface area (Å²) < 4.78 is 40.1. The van der Waals surface area contributed by atoms with Crippen molar-refractivity contribution in [1.82, 2.24) is 18.8 Å². The fourth-order valence-corrected chi connectivity index (χ4v) is 5.52. The maximum Gasteiger partial charge on any atom is 0.306 e. The molecule has 3 heterocycles. The van der Waals surface area contributed by atoms with Gasteiger partial charge in [0.05, 0.1) is 42.2 Å². The van der Waals surface area contributed by atoms with E-state index in [1.165, 1.54) is 4.31 Å². The Bertz CT molecular complexity index is 1220. The van der Waals surface area contributed by atoms with Crippen LogP contribution in [0.3, 0.4) is 0 Å². The molecule has 1 saturated heterocycles. The molecule has 3 aromatic rings. The first kappa shape index (κ1) is 24.3. The Morgan fingerprint density at radius 1 is 1.18 bits per heavy atom. The van der Waals surface area contributed by atoms with E-state index in [9.17, 15) is 13.2 Å². The van der Waals surface area contributed by atoms with Gasteiger partial charge in [-0.2, -0.15) is 4.31 Å². The second-order valence-electron chi connectivity index (χ2n) is 8.12. The van der Waals surface area contributed by atoms with Gasteiger partial charge in [-0.05, 0) is 49.6 Å². The van der Waals surface area contributed by atoms with Crippen LogP contribution in [0.2, 0.25) is 0 Å². The molecule has 4 rings (SSSR count). The molecule has 34 heavy (non-hydrogen) atoms. The summed E-state index contributed by atoms with van der Waals surface area (Å²) in [6.45, 7) is 4.52. The number of nitrogens with zero attached hydrogens (tertiary/aromatic N) is 4. The highest BCUT2D eigenvalue weighted by Crippen LogP contribution is 2.24. The highest BCUT2D eigenvalue weighted by molar-refractivity contribution is 7.89. The second-order valence-corrected chi connectivity index (χ2v) is 10.1. The number of imidazole rings is 1. The standard InChI is InChI=1S/C24H30N4O5S/c1-2-28-22-8-7-20(34(30,31)27-12-15-32-16-13-27)17-21(22)26-23(28)9-10-24(29)33-14-4-6-19-5-3-11-25-18-19/h3,5,7-8,11,17-18H,2,4,6,9-10,12-16H2,1H3. The Balaban J connectivity index is 1.37. The molecule has 0 unspecified atom stereocenters. The van der Waals surface area contributed by atoms with Gasteiger partial charge in [-0.25, -0.2) is 13.4 Å². The van der Waals surface area contributed by atoms with Gasteiger partial charge in [0, 0.05) is 38.4 Å². The van der Waals surface area contributed by atoms with E-state index >= 15 is 0 Å². The number of aromatic nitrogens is 3. The van der Waals surface area contributed by atoms with Crippen LogP contribution in [0.1, 0.15) is 31.2 Å². The van der Waals surface area contributed by atoms with Crippen LogP contribution in [0.5, 0.6) is 0 Å². The first-order valence-electron chi connectivity index (χ1n) is 11.6. The Kier molecular flexibility index (Phi) is 7.91. The van der Waals surface area contributed by atoms with Gasteiger partial charge >= 0.3 is 5.97 Å². The minimum absolute atomic E-state index is 0.217. The van der Waals surface area contributed by atoms with Crippen LogP contribution in [-0.4, -0.2) is 66.1 Å². The molecule has 1 aliphatic rings. The summed E-state index contributed by atoms with van der Waals surface area (Å²) in [5.74, 6) is 0.474. The molecule has 0 N–H and O–H groups in total. The van der Waals surface area contributed by atoms with Crippen molar-refractivity contribution in [2.45, 2.75) is 44.0 Å². The molecular formula is C24H30N4O5S. The number of ether oxygens (including phenoxy) is 2. The number of esters is 1. The van der Waals surface area contributed by atoms with Gasteiger partial charge in [0.2, 0.25) is 10.0 Å². The first-order valence-corrected chi connectivity index (χ1v) is 13.0. The number of sulfonamides is 1. The zero-order valence-corrected chi connectivity index (χ0v) is 20.2. The van der Waals surface area contributed by atoms with Crippen LogP contribution >= 0.6 is 0 Å². The predicted octanol–water partition coefficient (Wildman–Crippen LogP) is 2.58. The molecule has 9 nitrogen and oxygen atoms in total. The Morgan fingerprint density at radius 2 is 2.00 bits per heavy atom. The van der Waals surface area contributed by atoms with Gasteiger partial charge in [-0.3, -0.25) is 9.78 Å². The van der Waals surface area contributed by atoms with Gasteiger partial charge in [-0.1, -0.05) is 6.07 Å². The molecule has 0 aliphatic carbocycles. The van der Waals surface area contributed by atoms with Crippen molar-refractivity contribution in [3.63, 3.8) is 0 Å². The third-order valence-electron chi connectivity index (χ3n) is 5.87. The number of carbonyl (C=O) groups is 1. The third-order valence-corrected chi connectivity index (χ3v) is 7.77. The van der Waals surface area contributed by atoms with Crippen LogP contribution < -0.4 is 0 Å². The normalized spacial score (nSPS) is 15.0. The molecule has 2 aromatic heterocycles. The number of fused-ring (bicyclic) bond motifs is 1. The van der Waals surface area contributed by atoms with Gasteiger partial charge in [-0.15, -0.1) is 0 Å². The molecule has 182 valence electrons. The lowest BCUT2D eigenvalue weighted by atomic mass is 10.2. The summed E-state index contributed by atoms with van der Waals surface area (Å²) in [5.41, 5.74) is 2.57. The first-order chi connectivity index (χ1) is 16.5. The van der Waals surface area contributed by atoms with E-state index in [1.54, 1.807) is 24.4 Å². The second kappa shape index (κ2) is 11.1. The Labute approximate surface area is 199 Å². The SMILES string of the molecule is CCn1c(CCC(=O)OCCCc2cccnc2)nc2cc(S(=O)(=O)N3CCOCC3)ccc21. The largest absolute Gasteiger partial charge is 0.466 e. The average molecular weight is 487 g/mol. The lowest BCUT2D eigenvalue weighted by Crippen LogP contribution is -2.40. The zero-order valence-electron chi connectivity index (χ0n) is 19.4. The number of hydrogen-bond acceptors (Lipinski definition) is 7. The van der Waals surface area contributed by atoms with E-state index in [1.807, 2.05) is 29.8 Å². The van der Waals surface area contributed by atoms with Gasteiger partial charge in [0.15, 0.2) is 0 Å². The number of benzene rings is 1. The number of hydrogen-bond donors (Lipinski definition) is 0. The maximum absolute atomic E-state index is 13.0. The summed E-state index contributed by atoms with van der Waals surface area (Å²) >= 11 is 0. The predicted molar refractivity (Wildman–Crippen MR) is 127 cm³/mol. The van der Waals surface area contributed by atoms with Crippen molar-refractivity contribution >= 4 is 27.0 Å². The molecule has 1 aromatic carbocycles. The molecular weight excluding hydrogens is 456 g/mol. The van der Waals surface area contributed by atoms with Crippen LogP contribution in [-0.2, 0) is 43.7 Å². The van der Waals surface area contributed by atoms with Gasteiger partial charge < -0.3 is 14.0 Å². The monoisotopic (exact) mass is 486 g/mol. The Hall–Kier alpha value is -2.82. The maximum atomic E-state index is 13.0. The fourth-order valence-electron chi connectivity index (χ4n) is 4.09. The smallest absolute Gasteiger partial charge is 0.306 e. The number of morpholine rings is 1. The van der Waals surface area contributed by atoms with E-state index in [-0.39, 0.29) is 17.3 Å². The molecule has 10 heteroatoms. The highest BCUT2D eigenvalue weighted by atomic mass is 32.2. The number of rotatable bonds is 10. The molecule has 0 bridgehead atoms. The highest BCUT2D eigenvalue weighted by Gasteiger charge is 2.27. The van der Waals surface area contributed by atoms with Crippen molar-refractivity contribution < 1.29 is 22.7 Å². The van der Waals surface area contributed by atoms with Crippen LogP contribution in [0.15, 0.2) is 47.6 Å². The van der Waals surface area contributed by atoms with E-state index in [4.69, 9.17) is 9.47 Å². The summed E-state index contributed by atoms with van der Waals surface area (Å²) in [5, 5.41) is 0. The average Bonchev–Trinajstić information content (AvgIpc) is 3.23. The molecule has 0 radical (unpaired) electrons. The lowest BCUT2D eigenvalue weighted by Gasteiger charge is -2.26. The van der Waals surface area contributed by atoms with E-state index < -0.39 is 10.0 Å². The van der Waals surface area contributed by atoms with Gasteiger partial charge in [0.25, 0.3) is 0 Å². The van der Waals surface area contributed by atoms with Crippen LogP contribution in [0, 0.1) is 0 Å². The molecule has 0 atom stereocenters. The molecule has 0 spiro atoms. The van der Waals surface area contributed by atoms with Crippen LogP contribution in [0.25, 0.3) is 11.0 Å². The summed E-state index contributed by atoms with van der Waals surface area (Å²) in [6.07, 6.45) is 5.74. The number of pyridine rings is 1. The summed E-state index contributed by atoms with van der Waals surface area (Å²) in [7, 11) is -3.60. The molecule has 1 fully saturated rings. The zero-order chi connectivity index (χ0) is 24.0. The van der Waals surface area contributed by atoms with Crippen molar-refractivity contribution in [2.24, 2.45) is 0 Å². The van der Waals surface area contributed by atoms with Crippen molar-refractivity contribution in [2.75, 3.05) is 32.9 Å².